The van der Waals surface area contributed by atoms with Crippen molar-refractivity contribution < 1.29 is 8.42 Å². The highest BCUT2D eigenvalue weighted by Gasteiger charge is 2.37. The van der Waals surface area contributed by atoms with Crippen LogP contribution in [-0.2, 0) is 16.3 Å². The predicted octanol–water partition coefficient (Wildman–Crippen LogP) is 2.28. The first-order chi connectivity index (χ1) is 9.30. The second-order valence-corrected chi connectivity index (χ2v) is 10.1. The van der Waals surface area contributed by atoms with Crippen molar-refractivity contribution in [2.24, 2.45) is 5.41 Å². The predicted molar refractivity (Wildman–Crippen MR) is 82.0 cm³/mol. The van der Waals surface area contributed by atoms with Crippen LogP contribution in [0.4, 0.5) is 0 Å². The van der Waals surface area contributed by atoms with Crippen molar-refractivity contribution in [2.45, 2.75) is 45.1 Å². The van der Waals surface area contributed by atoms with Crippen LogP contribution in [0.2, 0.25) is 0 Å². The summed E-state index contributed by atoms with van der Waals surface area (Å²) in [6, 6.07) is 0.359. The van der Waals surface area contributed by atoms with Gasteiger partial charge in [0.25, 0.3) is 0 Å². The van der Waals surface area contributed by atoms with Gasteiger partial charge in [0.15, 0.2) is 9.84 Å². The molecule has 0 amide bonds. The van der Waals surface area contributed by atoms with Gasteiger partial charge in [-0.3, -0.25) is 0 Å². The van der Waals surface area contributed by atoms with Gasteiger partial charge in [0.1, 0.15) is 0 Å². The summed E-state index contributed by atoms with van der Waals surface area (Å²) in [4.78, 5) is 6.13. The van der Waals surface area contributed by atoms with E-state index < -0.39 is 9.84 Å². The lowest BCUT2D eigenvalue weighted by Gasteiger charge is -2.34. The second-order valence-electron chi connectivity index (χ2n) is 6.85. The van der Waals surface area contributed by atoms with Gasteiger partial charge in [0.2, 0.25) is 0 Å². The van der Waals surface area contributed by atoms with Crippen molar-refractivity contribution in [1.82, 2.24) is 10.3 Å². The summed E-state index contributed by atoms with van der Waals surface area (Å²) in [6.07, 6.45) is 2.85. The monoisotopic (exact) mass is 314 g/mol. The first-order valence-electron chi connectivity index (χ1n) is 7.17. The number of rotatable bonds is 2. The van der Waals surface area contributed by atoms with Gasteiger partial charge in [0.05, 0.1) is 22.2 Å². The van der Waals surface area contributed by atoms with Crippen LogP contribution in [-0.4, -0.2) is 32.0 Å². The lowest BCUT2D eigenvalue weighted by Crippen LogP contribution is -2.30. The van der Waals surface area contributed by atoms with E-state index in [4.69, 9.17) is 4.98 Å². The minimum atomic E-state index is -2.84. The second kappa shape index (κ2) is 4.78. The Kier molecular flexibility index (Phi) is 3.46. The molecule has 2 unspecified atom stereocenters. The molecule has 4 nitrogen and oxygen atoms in total. The molecule has 2 atom stereocenters. The Morgan fingerprint density at radius 2 is 2.15 bits per heavy atom. The molecule has 6 heteroatoms. The molecule has 2 heterocycles. The fourth-order valence-electron chi connectivity index (χ4n) is 3.35. The lowest BCUT2D eigenvalue weighted by molar-refractivity contribution is 0.265. The zero-order valence-electron chi connectivity index (χ0n) is 12.3. The maximum absolute atomic E-state index is 11.6. The average molecular weight is 314 g/mol. The molecular formula is C14H22N2O2S2. The van der Waals surface area contributed by atoms with Crippen LogP contribution in [0.15, 0.2) is 0 Å². The highest BCUT2D eigenvalue weighted by molar-refractivity contribution is 7.91. The van der Waals surface area contributed by atoms with Crippen LogP contribution in [0.3, 0.4) is 0 Å². The molecule has 1 saturated heterocycles. The Bertz CT molecular complexity index is 619. The molecule has 3 rings (SSSR count). The van der Waals surface area contributed by atoms with E-state index >= 15 is 0 Å². The van der Waals surface area contributed by atoms with Gasteiger partial charge < -0.3 is 5.32 Å². The van der Waals surface area contributed by atoms with Crippen molar-refractivity contribution in [1.29, 1.82) is 0 Å². The molecule has 0 aromatic carbocycles. The van der Waals surface area contributed by atoms with E-state index in [9.17, 15) is 8.42 Å². The van der Waals surface area contributed by atoms with Gasteiger partial charge in [-0.05, 0) is 31.7 Å². The number of nitrogens with zero attached hydrogens (tertiary/aromatic N) is 1. The van der Waals surface area contributed by atoms with Crippen molar-refractivity contribution in [3.8, 4) is 0 Å². The molecule has 1 aliphatic heterocycles. The Hall–Kier alpha value is -0.460. The third-order valence-corrected chi connectivity index (χ3v) is 7.54. The molecule has 0 bridgehead atoms. The van der Waals surface area contributed by atoms with Crippen molar-refractivity contribution in [2.75, 3.05) is 18.6 Å². The van der Waals surface area contributed by atoms with Crippen molar-refractivity contribution in [3.63, 3.8) is 0 Å². The zero-order valence-corrected chi connectivity index (χ0v) is 13.9. The molecule has 112 valence electrons. The molecule has 2 aliphatic rings. The molecule has 20 heavy (non-hydrogen) atoms. The topological polar surface area (TPSA) is 59.1 Å². The van der Waals surface area contributed by atoms with E-state index in [-0.39, 0.29) is 17.1 Å². The fraction of sp³-hybridized carbons (Fsp3) is 0.786. The molecule has 1 aromatic heterocycles. The Balaban J connectivity index is 1.92. The van der Waals surface area contributed by atoms with E-state index in [1.807, 2.05) is 7.05 Å². The van der Waals surface area contributed by atoms with Gasteiger partial charge in [0, 0.05) is 16.8 Å². The van der Waals surface area contributed by atoms with E-state index in [2.05, 4.69) is 19.2 Å². The van der Waals surface area contributed by atoms with Crippen molar-refractivity contribution in [3.05, 3.63) is 15.6 Å². The molecule has 1 N–H and O–H groups in total. The number of thiazole rings is 1. The number of nitrogens with one attached hydrogen (secondary N) is 1. The van der Waals surface area contributed by atoms with Crippen LogP contribution in [0.5, 0.6) is 0 Å². The quantitative estimate of drug-likeness (QED) is 0.910. The van der Waals surface area contributed by atoms with Gasteiger partial charge in [-0.15, -0.1) is 11.3 Å². The van der Waals surface area contributed by atoms with E-state index in [0.29, 0.717) is 11.8 Å². The molecule has 0 radical (unpaired) electrons. The normalized spacial score (nSPS) is 31.1. The maximum Gasteiger partial charge on any atom is 0.151 e. The fourth-order valence-corrected chi connectivity index (χ4v) is 6.53. The van der Waals surface area contributed by atoms with Crippen LogP contribution in [0.1, 0.15) is 54.2 Å². The molecule has 1 aromatic rings. The van der Waals surface area contributed by atoms with Gasteiger partial charge in [-0.25, -0.2) is 13.4 Å². The molecular weight excluding hydrogens is 292 g/mol. The molecule has 1 fully saturated rings. The highest BCUT2D eigenvalue weighted by atomic mass is 32.2. The van der Waals surface area contributed by atoms with Crippen LogP contribution in [0.25, 0.3) is 0 Å². The van der Waals surface area contributed by atoms with Gasteiger partial charge >= 0.3 is 0 Å². The van der Waals surface area contributed by atoms with Gasteiger partial charge in [-0.2, -0.15) is 0 Å². The van der Waals surface area contributed by atoms with E-state index in [1.54, 1.807) is 11.3 Å². The summed E-state index contributed by atoms with van der Waals surface area (Å²) < 4.78 is 23.3. The smallest absolute Gasteiger partial charge is 0.151 e. The molecule has 0 saturated carbocycles. The molecule has 0 spiro atoms. The third kappa shape index (κ3) is 2.65. The minimum absolute atomic E-state index is 0.121. The Morgan fingerprint density at radius 1 is 1.40 bits per heavy atom. The summed E-state index contributed by atoms with van der Waals surface area (Å²) in [5.74, 6) is 0.729. The maximum atomic E-state index is 11.6. The van der Waals surface area contributed by atoms with E-state index in [1.165, 1.54) is 10.6 Å². The summed E-state index contributed by atoms with van der Waals surface area (Å²) in [5.41, 5.74) is 1.44. The first kappa shape index (κ1) is 14.5. The van der Waals surface area contributed by atoms with Crippen LogP contribution < -0.4 is 5.32 Å². The third-order valence-electron chi connectivity index (χ3n) is 4.39. The average Bonchev–Trinajstić information content (AvgIpc) is 2.89. The summed E-state index contributed by atoms with van der Waals surface area (Å²) in [5, 5.41) is 4.42. The summed E-state index contributed by atoms with van der Waals surface area (Å²) >= 11 is 1.73. The number of sulfone groups is 1. The van der Waals surface area contributed by atoms with Crippen molar-refractivity contribution >= 4 is 21.2 Å². The SMILES string of the molecule is CNC1CC(C)(C)Cc2nc(C3CCS(=O)(=O)C3)sc21. The number of hydrogen-bond acceptors (Lipinski definition) is 5. The number of hydrogen-bond donors (Lipinski definition) is 1. The number of aromatic nitrogens is 1. The van der Waals surface area contributed by atoms with E-state index in [0.717, 1.165) is 24.3 Å². The summed E-state index contributed by atoms with van der Waals surface area (Å²) in [6.45, 7) is 4.55. The largest absolute Gasteiger partial charge is 0.312 e. The van der Waals surface area contributed by atoms with Gasteiger partial charge in [-0.1, -0.05) is 13.8 Å². The number of fused-ring (bicyclic) bond motifs is 1. The highest BCUT2D eigenvalue weighted by Crippen LogP contribution is 2.45. The standard InChI is InChI=1S/C14H22N2O2S2/c1-14(2)6-10(15-3)12-11(7-14)16-13(19-12)9-4-5-20(17,18)8-9/h9-10,15H,4-8H2,1-3H3. The lowest BCUT2D eigenvalue weighted by atomic mass is 9.76. The Morgan fingerprint density at radius 3 is 2.75 bits per heavy atom. The van der Waals surface area contributed by atoms with Crippen LogP contribution >= 0.6 is 11.3 Å². The summed E-state index contributed by atoms with van der Waals surface area (Å²) in [7, 11) is -0.841. The minimum Gasteiger partial charge on any atom is -0.312 e. The first-order valence-corrected chi connectivity index (χ1v) is 9.81. The zero-order chi connectivity index (χ0) is 14.5. The molecule has 1 aliphatic carbocycles. The van der Waals surface area contributed by atoms with Crippen LogP contribution in [0, 0.1) is 5.41 Å². The Labute approximate surface area is 124 Å².